The first-order valence-electron chi connectivity index (χ1n) is 6.71. The lowest BCUT2D eigenvalue weighted by Crippen LogP contribution is -2.23. The third kappa shape index (κ3) is 5.63. The molecule has 1 rings (SSSR count). The quantitative estimate of drug-likeness (QED) is 0.537. The Morgan fingerprint density at radius 1 is 1.17 bits per heavy atom. The van der Waals surface area contributed by atoms with E-state index in [1.54, 1.807) is 0 Å². The molecule has 0 unspecified atom stereocenters. The van der Waals surface area contributed by atoms with E-state index in [1.165, 1.54) is 38.4 Å². The van der Waals surface area contributed by atoms with Crippen molar-refractivity contribution >= 4 is 33.6 Å². The van der Waals surface area contributed by atoms with Gasteiger partial charge in [0, 0.05) is 19.8 Å². The molecule has 0 aliphatic heterocycles. The van der Waals surface area contributed by atoms with Crippen LogP contribution in [-0.4, -0.2) is 58.4 Å². The van der Waals surface area contributed by atoms with Gasteiger partial charge in [0.25, 0.3) is 5.91 Å². The van der Waals surface area contributed by atoms with Gasteiger partial charge in [-0.15, -0.1) is 0 Å². The molecule has 0 aromatic heterocycles. The van der Waals surface area contributed by atoms with Gasteiger partial charge in [-0.25, -0.2) is 12.7 Å². The van der Waals surface area contributed by atoms with Gasteiger partial charge >= 0.3 is 11.9 Å². The van der Waals surface area contributed by atoms with Crippen LogP contribution >= 0.6 is 0 Å². The van der Waals surface area contributed by atoms with Crippen molar-refractivity contribution < 1.29 is 32.3 Å². The fraction of sp³-hybridized carbons (Fsp3) is 0.357. The number of sulfonamides is 1. The lowest BCUT2D eigenvalue weighted by molar-refractivity contribution is -0.154. The molecular formula is C14H18N2O7S. The number of carbonyl (C=O) groups is 3. The van der Waals surface area contributed by atoms with Crippen molar-refractivity contribution in [2.45, 2.75) is 11.3 Å². The first-order chi connectivity index (χ1) is 11.2. The summed E-state index contributed by atoms with van der Waals surface area (Å²) in [7, 11) is 0.271. The summed E-state index contributed by atoms with van der Waals surface area (Å²) >= 11 is 0. The molecule has 24 heavy (non-hydrogen) atoms. The van der Waals surface area contributed by atoms with Crippen molar-refractivity contribution in [2.24, 2.45) is 0 Å². The minimum Gasteiger partial charge on any atom is -0.469 e. The second-order valence-corrected chi connectivity index (χ2v) is 6.93. The van der Waals surface area contributed by atoms with E-state index in [9.17, 15) is 22.8 Å². The summed E-state index contributed by atoms with van der Waals surface area (Å²) in [6.45, 7) is -0.611. The number of nitrogens with one attached hydrogen (secondary N) is 1. The second kappa shape index (κ2) is 8.41. The van der Waals surface area contributed by atoms with E-state index in [1.807, 2.05) is 0 Å². The maximum absolute atomic E-state index is 12.0. The summed E-state index contributed by atoms with van der Waals surface area (Å²) in [6.07, 6.45) is -0.597. The molecule has 0 aliphatic carbocycles. The summed E-state index contributed by atoms with van der Waals surface area (Å²) in [5, 5.41) is 2.40. The summed E-state index contributed by atoms with van der Waals surface area (Å²) < 4.78 is 34.0. The van der Waals surface area contributed by atoms with Crippen molar-refractivity contribution in [1.82, 2.24) is 4.31 Å². The van der Waals surface area contributed by atoms with E-state index in [2.05, 4.69) is 14.8 Å². The molecule has 10 heteroatoms. The molecule has 0 atom stereocenters. The normalized spacial score (nSPS) is 11.0. The van der Waals surface area contributed by atoms with Crippen LogP contribution in [0, 0.1) is 0 Å². The highest BCUT2D eigenvalue weighted by Crippen LogP contribution is 2.17. The average molecular weight is 358 g/mol. The number of rotatable bonds is 7. The number of esters is 2. The largest absolute Gasteiger partial charge is 0.469 e. The van der Waals surface area contributed by atoms with Crippen molar-refractivity contribution in [3.8, 4) is 0 Å². The first kappa shape index (κ1) is 19.6. The van der Waals surface area contributed by atoms with Crippen molar-refractivity contribution in [3.05, 3.63) is 24.3 Å². The number of ether oxygens (including phenoxy) is 2. The molecule has 0 heterocycles. The zero-order valence-electron chi connectivity index (χ0n) is 13.4. The van der Waals surface area contributed by atoms with Crippen molar-refractivity contribution in [3.63, 3.8) is 0 Å². The van der Waals surface area contributed by atoms with Crippen LogP contribution < -0.4 is 5.32 Å². The Hall–Kier alpha value is -2.46. The lowest BCUT2D eigenvalue weighted by Gasteiger charge is -2.12. The monoisotopic (exact) mass is 358 g/mol. The van der Waals surface area contributed by atoms with Gasteiger partial charge in [-0.2, -0.15) is 0 Å². The van der Waals surface area contributed by atoms with Crippen LogP contribution in [0.5, 0.6) is 0 Å². The van der Waals surface area contributed by atoms with Gasteiger partial charge in [0.1, 0.15) is 6.42 Å². The van der Waals surface area contributed by atoms with E-state index in [4.69, 9.17) is 0 Å². The highest BCUT2D eigenvalue weighted by atomic mass is 32.2. The molecule has 0 aliphatic rings. The van der Waals surface area contributed by atoms with Crippen LogP contribution in [0.2, 0.25) is 0 Å². The molecule has 1 N–H and O–H groups in total. The molecule has 9 nitrogen and oxygen atoms in total. The number of nitrogens with zero attached hydrogens (tertiary/aromatic N) is 1. The Morgan fingerprint density at radius 3 is 2.42 bits per heavy atom. The van der Waals surface area contributed by atoms with Gasteiger partial charge in [-0.3, -0.25) is 14.4 Å². The lowest BCUT2D eigenvalue weighted by atomic mass is 10.3. The summed E-state index contributed by atoms with van der Waals surface area (Å²) in [5.41, 5.74) is 0.229. The van der Waals surface area contributed by atoms with Crippen LogP contribution in [0.1, 0.15) is 6.42 Å². The summed E-state index contributed by atoms with van der Waals surface area (Å²) in [6, 6.07) is 5.63. The van der Waals surface area contributed by atoms with Crippen LogP contribution in [-0.2, 0) is 33.9 Å². The third-order valence-corrected chi connectivity index (χ3v) is 4.59. The number of anilines is 1. The fourth-order valence-corrected chi connectivity index (χ4v) is 2.48. The van der Waals surface area contributed by atoms with Crippen molar-refractivity contribution in [1.29, 1.82) is 0 Å². The number of methoxy groups -OCH3 is 1. The van der Waals surface area contributed by atoms with Gasteiger partial charge in [-0.05, 0) is 18.2 Å². The molecule has 1 amide bonds. The third-order valence-electron chi connectivity index (χ3n) is 2.78. The van der Waals surface area contributed by atoms with Gasteiger partial charge < -0.3 is 14.8 Å². The predicted molar refractivity (Wildman–Crippen MR) is 83.5 cm³/mol. The van der Waals surface area contributed by atoms with E-state index in [0.717, 1.165) is 11.4 Å². The molecule has 0 saturated heterocycles. The smallest absolute Gasteiger partial charge is 0.317 e. The average Bonchev–Trinajstić information content (AvgIpc) is 2.52. The Balaban J connectivity index is 2.66. The molecule has 1 aromatic carbocycles. The number of hydrogen-bond acceptors (Lipinski definition) is 7. The SMILES string of the molecule is COC(=O)CC(=O)OCC(=O)Nc1cccc(S(=O)(=O)N(C)C)c1. The topological polar surface area (TPSA) is 119 Å². The maximum atomic E-state index is 12.0. The number of carbonyl (C=O) groups excluding carboxylic acids is 3. The predicted octanol–water partition coefficient (Wildman–Crippen LogP) is -0.0183. The van der Waals surface area contributed by atoms with Crippen LogP contribution in [0.15, 0.2) is 29.2 Å². The maximum Gasteiger partial charge on any atom is 0.317 e. The Kier molecular flexibility index (Phi) is 6.86. The van der Waals surface area contributed by atoms with E-state index >= 15 is 0 Å². The highest BCUT2D eigenvalue weighted by molar-refractivity contribution is 7.89. The van der Waals surface area contributed by atoms with Crippen LogP contribution in [0.4, 0.5) is 5.69 Å². The van der Waals surface area contributed by atoms with Gasteiger partial charge in [0.2, 0.25) is 10.0 Å². The van der Waals surface area contributed by atoms with Gasteiger partial charge in [-0.1, -0.05) is 6.07 Å². The Morgan fingerprint density at radius 2 is 1.83 bits per heavy atom. The van der Waals surface area contributed by atoms with Gasteiger partial charge in [0.15, 0.2) is 6.61 Å². The summed E-state index contributed by atoms with van der Waals surface area (Å²) in [5.74, 6) is -2.35. The molecule has 0 fully saturated rings. The molecule has 0 bridgehead atoms. The molecular weight excluding hydrogens is 340 g/mol. The number of hydrogen-bond donors (Lipinski definition) is 1. The minimum atomic E-state index is -3.63. The zero-order chi connectivity index (χ0) is 18.3. The minimum absolute atomic E-state index is 0.00739. The fourth-order valence-electron chi connectivity index (χ4n) is 1.53. The zero-order valence-corrected chi connectivity index (χ0v) is 14.3. The van der Waals surface area contributed by atoms with Crippen LogP contribution in [0.25, 0.3) is 0 Å². The highest BCUT2D eigenvalue weighted by Gasteiger charge is 2.18. The molecule has 1 aromatic rings. The number of benzene rings is 1. The number of amides is 1. The molecule has 0 radical (unpaired) electrons. The second-order valence-electron chi connectivity index (χ2n) is 4.78. The molecule has 132 valence electrons. The van der Waals surface area contributed by atoms with E-state index in [-0.39, 0.29) is 10.6 Å². The van der Waals surface area contributed by atoms with Crippen LogP contribution in [0.3, 0.4) is 0 Å². The molecule has 0 spiro atoms. The van der Waals surface area contributed by atoms with Gasteiger partial charge in [0.05, 0.1) is 12.0 Å². The standard InChI is InChI=1S/C14H18N2O7S/c1-16(2)24(20,21)11-6-4-5-10(7-11)15-12(17)9-23-14(19)8-13(18)22-3/h4-7H,8-9H2,1-3H3,(H,15,17). The Labute approximate surface area is 139 Å². The van der Waals surface area contributed by atoms with Crippen molar-refractivity contribution in [2.75, 3.05) is 33.1 Å². The van der Waals surface area contributed by atoms with E-state index < -0.39 is 40.9 Å². The summed E-state index contributed by atoms with van der Waals surface area (Å²) in [4.78, 5) is 33.8. The first-order valence-corrected chi connectivity index (χ1v) is 8.15. The van der Waals surface area contributed by atoms with E-state index in [0.29, 0.717) is 0 Å². The Bertz CT molecular complexity index is 728. The molecule has 0 saturated carbocycles.